The molecule has 0 aromatic heterocycles. The topological polar surface area (TPSA) is 32.3 Å². The first kappa shape index (κ1) is 12.4. The Morgan fingerprint density at radius 1 is 1.12 bits per heavy atom. The Morgan fingerprint density at radius 3 is 2.50 bits per heavy atom. The van der Waals surface area contributed by atoms with Crippen LogP contribution >= 0.6 is 0 Å². The van der Waals surface area contributed by atoms with Crippen LogP contribution in [-0.2, 0) is 0 Å². The van der Waals surface area contributed by atoms with Crippen LogP contribution in [0.2, 0.25) is 0 Å². The molecule has 0 saturated heterocycles. The molecule has 0 heterocycles. The smallest absolute Gasteiger partial charge is 0.0587 e. The predicted molar refractivity (Wildman–Crippen MR) is 67.4 cm³/mol. The van der Waals surface area contributed by atoms with Crippen LogP contribution in [-0.4, -0.2) is 23.8 Å². The molecule has 0 bridgehead atoms. The zero-order chi connectivity index (χ0) is 11.4. The number of hydrogen-bond acceptors (Lipinski definition) is 2. The van der Waals surface area contributed by atoms with Gasteiger partial charge in [0, 0.05) is 12.1 Å². The van der Waals surface area contributed by atoms with E-state index in [2.05, 4.69) is 12.2 Å². The first-order chi connectivity index (χ1) is 7.79. The Labute approximate surface area is 99.8 Å². The van der Waals surface area contributed by atoms with E-state index >= 15 is 0 Å². The molecule has 3 unspecified atom stereocenters. The lowest BCUT2D eigenvalue weighted by Gasteiger charge is -2.34. The van der Waals surface area contributed by atoms with Gasteiger partial charge in [-0.1, -0.05) is 32.6 Å². The molecule has 2 rings (SSSR count). The first-order valence-electron chi connectivity index (χ1n) is 7.16. The Balaban J connectivity index is 1.82. The van der Waals surface area contributed by atoms with Crippen LogP contribution in [0.1, 0.15) is 58.3 Å². The summed E-state index contributed by atoms with van der Waals surface area (Å²) in [5.41, 5.74) is 0. The number of aliphatic hydroxyl groups is 1. The van der Waals surface area contributed by atoms with E-state index in [1.165, 1.54) is 51.4 Å². The number of nitrogens with one attached hydrogen (secondary N) is 1. The van der Waals surface area contributed by atoms with Gasteiger partial charge < -0.3 is 10.4 Å². The second-order valence-corrected chi connectivity index (χ2v) is 5.97. The van der Waals surface area contributed by atoms with Crippen molar-refractivity contribution in [2.24, 2.45) is 11.8 Å². The summed E-state index contributed by atoms with van der Waals surface area (Å²) in [6.45, 7) is 2.68. The highest BCUT2D eigenvalue weighted by Gasteiger charge is 2.28. The summed E-state index contributed by atoms with van der Waals surface area (Å²) in [5.74, 6) is 1.58. The number of aliphatic hydroxyl groups excluding tert-OH is 1. The van der Waals surface area contributed by atoms with E-state index in [4.69, 9.17) is 0 Å². The highest BCUT2D eigenvalue weighted by molar-refractivity contribution is 4.85. The molecule has 0 aromatic carbocycles. The van der Waals surface area contributed by atoms with Gasteiger partial charge >= 0.3 is 0 Å². The van der Waals surface area contributed by atoms with Crippen LogP contribution in [0.4, 0.5) is 0 Å². The third-order valence-corrected chi connectivity index (χ3v) is 4.55. The maximum Gasteiger partial charge on any atom is 0.0587 e. The lowest BCUT2D eigenvalue weighted by atomic mass is 9.78. The van der Waals surface area contributed by atoms with Crippen LogP contribution < -0.4 is 5.32 Å². The van der Waals surface area contributed by atoms with Gasteiger partial charge in [-0.2, -0.15) is 0 Å². The van der Waals surface area contributed by atoms with Gasteiger partial charge in [-0.3, -0.25) is 0 Å². The summed E-state index contributed by atoms with van der Waals surface area (Å²) in [5, 5.41) is 13.3. The minimum atomic E-state index is 0.327. The van der Waals surface area contributed by atoms with Crippen molar-refractivity contribution >= 4 is 0 Å². The second kappa shape index (κ2) is 6.02. The molecule has 0 amide bonds. The maximum absolute atomic E-state index is 9.56. The van der Waals surface area contributed by atoms with Crippen LogP contribution in [0.3, 0.4) is 0 Å². The molecule has 2 nitrogen and oxygen atoms in total. The van der Waals surface area contributed by atoms with E-state index in [0.29, 0.717) is 24.6 Å². The van der Waals surface area contributed by atoms with E-state index < -0.39 is 0 Å². The lowest BCUT2D eigenvalue weighted by Crippen LogP contribution is -2.45. The van der Waals surface area contributed by atoms with Crippen molar-refractivity contribution in [2.45, 2.75) is 70.4 Å². The first-order valence-corrected chi connectivity index (χ1v) is 7.16. The molecule has 2 N–H and O–H groups in total. The van der Waals surface area contributed by atoms with E-state index in [9.17, 15) is 5.11 Å². The summed E-state index contributed by atoms with van der Waals surface area (Å²) in [6, 6.07) is 1.06. The molecule has 16 heavy (non-hydrogen) atoms. The third-order valence-electron chi connectivity index (χ3n) is 4.55. The van der Waals surface area contributed by atoms with Gasteiger partial charge in [0.2, 0.25) is 0 Å². The third kappa shape index (κ3) is 3.21. The monoisotopic (exact) mass is 225 g/mol. The van der Waals surface area contributed by atoms with Crippen molar-refractivity contribution in [2.75, 3.05) is 6.61 Å². The van der Waals surface area contributed by atoms with Gasteiger partial charge in [0.15, 0.2) is 0 Å². The average molecular weight is 225 g/mol. The van der Waals surface area contributed by atoms with Crippen LogP contribution in [0.25, 0.3) is 0 Å². The molecule has 0 aliphatic heterocycles. The maximum atomic E-state index is 9.56. The van der Waals surface area contributed by atoms with Crippen molar-refractivity contribution in [3.63, 3.8) is 0 Å². The van der Waals surface area contributed by atoms with Crippen molar-refractivity contribution < 1.29 is 5.11 Å². The zero-order valence-electron chi connectivity index (χ0n) is 10.6. The molecule has 2 aliphatic rings. The molecule has 94 valence electrons. The summed E-state index contributed by atoms with van der Waals surface area (Å²) in [4.78, 5) is 0. The Hall–Kier alpha value is -0.0800. The van der Waals surface area contributed by atoms with E-state index in [-0.39, 0.29) is 0 Å². The van der Waals surface area contributed by atoms with Crippen LogP contribution in [0, 0.1) is 11.8 Å². The summed E-state index contributed by atoms with van der Waals surface area (Å²) >= 11 is 0. The fourth-order valence-corrected chi connectivity index (χ4v) is 3.58. The van der Waals surface area contributed by atoms with Crippen molar-refractivity contribution in [3.8, 4) is 0 Å². The molecule has 0 radical (unpaired) electrons. The fraction of sp³-hybridized carbons (Fsp3) is 1.00. The molecule has 0 aromatic rings. The Morgan fingerprint density at radius 2 is 1.88 bits per heavy atom. The van der Waals surface area contributed by atoms with Gasteiger partial charge in [0.05, 0.1) is 6.61 Å². The normalized spacial score (nSPS) is 34.1. The molecule has 3 atom stereocenters. The van der Waals surface area contributed by atoms with Crippen LogP contribution in [0.5, 0.6) is 0 Å². The zero-order valence-corrected chi connectivity index (χ0v) is 10.6. The molecule has 2 saturated carbocycles. The summed E-state index contributed by atoms with van der Waals surface area (Å²) in [6.07, 6.45) is 10.7. The molecule has 0 spiro atoms. The Kier molecular flexibility index (Phi) is 4.66. The average Bonchev–Trinajstić information content (AvgIpc) is 2.78. The van der Waals surface area contributed by atoms with E-state index in [1.807, 2.05) is 0 Å². The number of hydrogen-bond donors (Lipinski definition) is 2. The van der Waals surface area contributed by atoms with Gasteiger partial charge in [-0.25, -0.2) is 0 Å². The molecule has 2 fully saturated rings. The van der Waals surface area contributed by atoms with Gasteiger partial charge in [0.25, 0.3) is 0 Å². The Bertz CT molecular complexity index is 201. The highest BCUT2D eigenvalue weighted by Crippen LogP contribution is 2.31. The largest absolute Gasteiger partial charge is 0.395 e. The fourth-order valence-electron chi connectivity index (χ4n) is 3.58. The minimum absolute atomic E-state index is 0.327. The lowest BCUT2D eigenvalue weighted by molar-refractivity contribution is 0.144. The van der Waals surface area contributed by atoms with Crippen LogP contribution in [0.15, 0.2) is 0 Å². The molecular weight excluding hydrogens is 198 g/mol. The summed E-state index contributed by atoms with van der Waals surface area (Å²) in [7, 11) is 0. The molecular formula is C14H27NO. The van der Waals surface area contributed by atoms with Crippen molar-refractivity contribution in [1.82, 2.24) is 5.32 Å². The van der Waals surface area contributed by atoms with E-state index in [0.717, 1.165) is 5.92 Å². The van der Waals surface area contributed by atoms with Gasteiger partial charge in [0.1, 0.15) is 0 Å². The minimum Gasteiger partial charge on any atom is -0.395 e. The van der Waals surface area contributed by atoms with E-state index in [1.54, 1.807) is 0 Å². The molecule has 2 aliphatic carbocycles. The second-order valence-electron chi connectivity index (χ2n) is 5.97. The van der Waals surface area contributed by atoms with Gasteiger partial charge in [-0.15, -0.1) is 0 Å². The summed E-state index contributed by atoms with van der Waals surface area (Å²) < 4.78 is 0. The molecule has 2 heteroatoms. The SMILES string of the molecule is CC1CCCC(C(CO)NC2CCCC2)C1. The number of rotatable bonds is 4. The predicted octanol–water partition coefficient (Wildman–Crippen LogP) is 2.71. The standard InChI is InChI=1S/C14H27NO/c1-11-5-4-6-12(9-11)14(10-16)15-13-7-2-3-8-13/h11-16H,2-10H2,1H3. The highest BCUT2D eigenvalue weighted by atomic mass is 16.3. The van der Waals surface area contributed by atoms with Crippen molar-refractivity contribution in [1.29, 1.82) is 0 Å². The van der Waals surface area contributed by atoms with Gasteiger partial charge in [-0.05, 0) is 37.5 Å². The van der Waals surface area contributed by atoms with Crippen molar-refractivity contribution in [3.05, 3.63) is 0 Å². The quantitative estimate of drug-likeness (QED) is 0.771.